The molecule has 30 heavy (non-hydrogen) atoms. The number of nitrogens with zero attached hydrogens (tertiary/aromatic N) is 6. The molecule has 156 valence electrons. The molecule has 3 heterocycles. The lowest BCUT2D eigenvalue weighted by Crippen LogP contribution is -2.27. The van der Waals surface area contributed by atoms with Crippen LogP contribution in [-0.2, 0) is 26.6 Å². The number of aryl methyl sites for hydroxylation is 4. The van der Waals surface area contributed by atoms with E-state index in [0.717, 1.165) is 27.1 Å². The Labute approximate surface area is 172 Å². The van der Waals surface area contributed by atoms with Gasteiger partial charge in [-0.15, -0.1) is 0 Å². The van der Waals surface area contributed by atoms with Gasteiger partial charge in [0, 0.05) is 25.4 Å². The van der Waals surface area contributed by atoms with Crippen molar-refractivity contribution in [2.24, 2.45) is 7.05 Å². The molecule has 0 bridgehead atoms. The van der Waals surface area contributed by atoms with Gasteiger partial charge in [-0.3, -0.25) is 4.68 Å². The summed E-state index contributed by atoms with van der Waals surface area (Å²) in [5.41, 5.74) is 3.66. The summed E-state index contributed by atoms with van der Waals surface area (Å²) in [5, 5.41) is 8.25. The van der Waals surface area contributed by atoms with Gasteiger partial charge in [0.1, 0.15) is 5.76 Å². The second kappa shape index (κ2) is 7.66. The number of rotatable bonds is 6. The van der Waals surface area contributed by atoms with Crippen molar-refractivity contribution in [3.8, 4) is 5.69 Å². The Balaban J connectivity index is 1.60. The zero-order chi connectivity index (χ0) is 21.4. The average molecular weight is 408 g/mol. The van der Waals surface area contributed by atoms with Crippen molar-refractivity contribution in [1.29, 1.82) is 0 Å². The van der Waals surface area contributed by atoms with Gasteiger partial charge in [-0.1, -0.05) is 35.0 Å². The number of benzene rings is 1. The van der Waals surface area contributed by atoms with Crippen molar-refractivity contribution in [2.45, 2.75) is 40.3 Å². The van der Waals surface area contributed by atoms with Crippen molar-refractivity contribution in [3.63, 3.8) is 0 Å². The molecule has 0 saturated heterocycles. The van der Waals surface area contributed by atoms with Gasteiger partial charge in [-0.2, -0.15) is 5.10 Å². The quantitative estimate of drug-likeness (QED) is 0.485. The highest BCUT2D eigenvalue weighted by Crippen LogP contribution is 2.14. The third-order valence-electron chi connectivity index (χ3n) is 5.35. The summed E-state index contributed by atoms with van der Waals surface area (Å²) < 4.78 is 10.8. The molecule has 0 aliphatic heterocycles. The molecule has 0 unspecified atom stereocenters. The van der Waals surface area contributed by atoms with Crippen molar-refractivity contribution >= 4 is 0 Å². The van der Waals surface area contributed by atoms with Gasteiger partial charge >= 0.3 is 11.4 Å². The van der Waals surface area contributed by atoms with E-state index in [9.17, 15) is 9.59 Å². The van der Waals surface area contributed by atoms with Crippen LogP contribution in [-0.4, -0.2) is 28.9 Å². The van der Waals surface area contributed by atoms with E-state index in [-0.39, 0.29) is 5.69 Å². The van der Waals surface area contributed by atoms with Gasteiger partial charge < -0.3 is 4.52 Å². The van der Waals surface area contributed by atoms with Crippen LogP contribution >= 0.6 is 0 Å². The molecule has 0 atom stereocenters. The molecule has 1 aromatic carbocycles. The van der Waals surface area contributed by atoms with E-state index < -0.39 is 5.69 Å². The molecule has 0 radical (unpaired) electrons. The van der Waals surface area contributed by atoms with Gasteiger partial charge in [0.05, 0.1) is 24.1 Å². The predicted octanol–water partition coefficient (Wildman–Crippen LogP) is 1.74. The number of aromatic nitrogens is 6. The Kier molecular flexibility index (Phi) is 5.03. The van der Waals surface area contributed by atoms with Crippen molar-refractivity contribution in [3.05, 3.63) is 85.8 Å². The molecule has 0 amide bonds. The minimum Gasteiger partial charge on any atom is -0.361 e. The van der Waals surface area contributed by atoms with Gasteiger partial charge in [0.15, 0.2) is 0 Å². The summed E-state index contributed by atoms with van der Waals surface area (Å²) in [6.07, 6.45) is 3.85. The van der Waals surface area contributed by atoms with Crippen LogP contribution in [0.15, 0.2) is 50.8 Å². The highest BCUT2D eigenvalue weighted by atomic mass is 16.5. The van der Waals surface area contributed by atoms with E-state index in [1.54, 1.807) is 17.9 Å². The lowest BCUT2D eigenvalue weighted by Gasteiger charge is -2.05. The Morgan fingerprint density at radius 2 is 1.77 bits per heavy atom. The Hall–Kier alpha value is -3.62. The fourth-order valence-electron chi connectivity index (χ4n) is 3.47. The maximum absolute atomic E-state index is 13.0. The van der Waals surface area contributed by atoms with Gasteiger partial charge in [-0.25, -0.2) is 23.5 Å². The van der Waals surface area contributed by atoms with Gasteiger partial charge in [-0.05, 0) is 32.8 Å². The minimum atomic E-state index is -0.402. The molecule has 0 saturated carbocycles. The van der Waals surface area contributed by atoms with Gasteiger partial charge in [0.25, 0.3) is 0 Å². The first-order valence-corrected chi connectivity index (χ1v) is 9.74. The summed E-state index contributed by atoms with van der Waals surface area (Å²) in [6.45, 7) is 6.60. The molecule has 0 aliphatic rings. The molecule has 9 nitrogen and oxygen atoms in total. The SMILES string of the molecule is Cc1ccc(CCn2c(=O)n(-c3cnn(Cc4c(C)noc4C)c3)c(=O)n2C)cc1. The first-order valence-electron chi connectivity index (χ1n) is 9.74. The first-order chi connectivity index (χ1) is 14.3. The summed E-state index contributed by atoms with van der Waals surface area (Å²) >= 11 is 0. The molecule has 0 N–H and O–H groups in total. The van der Waals surface area contributed by atoms with Crippen LogP contribution in [0.1, 0.15) is 28.1 Å². The molecule has 4 rings (SSSR count). The molecule has 9 heteroatoms. The highest BCUT2D eigenvalue weighted by Gasteiger charge is 2.17. The third-order valence-corrected chi connectivity index (χ3v) is 5.35. The topological polar surface area (TPSA) is 92.8 Å². The van der Waals surface area contributed by atoms with E-state index in [0.29, 0.717) is 25.2 Å². The summed E-state index contributed by atoms with van der Waals surface area (Å²) in [6, 6.07) is 8.15. The van der Waals surface area contributed by atoms with Crippen LogP contribution < -0.4 is 11.4 Å². The monoisotopic (exact) mass is 408 g/mol. The fourth-order valence-corrected chi connectivity index (χ4v) is 3.47. The van der Waals surface area contributed by atoms with Crippen molar-refractivity contribution in [1.82, 2.24) is 28.9 Å². The second-order valence-electron chi connectivity index (χ2n) is 7.48. The smallest absolute Gasteiger partial charge is 0.351 e. The van der Waals surface area contributed by atoms with Crippen LogP contribution in [0.5, 0.6) is 0 Å². The van der Waals surface area contributed by atoms with Crippen LogP contribution in [0, 0.1) is 20.8 Å². The molecule has 0 spiro atoms. The minimum absolute atomic E-state index is 0.383. The summed E-state index contributed by atoms with van der Waals surface area (Å²) in [7, 11) is 1.60. The van der Waals surface area contributed by atoms with E-state index >= 15 is 0 Å². The van der Waals surface area contributed by atoms with E-state index in [1.807, 2.05) is 45.0 Å². The third kappa shape index (κ3) is 3.54. The van der Waals surface area contributed by atoms with Crippen LogP contribution in [0.25, 0.3) is 5.69 Å². The maximum Gasteiger partial charge on any atom is 0.351 e. The lowest BCUT2D eigenvalue weighted by atomic mass is 10.1. The zero-order valence-electron chi connectivity index (χ0n) is 17.5. The van der Waals surface area contributed by atoms with E-state index in [1.165, 1.54) is 21.1 Å². The molecule has 4 aromatic rings. The Morgan fingerprint density at radius 1 is 1.03 bits per heavy atom. The summed E-state index contributed by atoms with van der Waals surface area (Å²) in [5.74, 6) is 0.722. The predicted molar refractivity (Wildman–Crippen MR) is 111 cm³/mol. The lowest BCUT2D eigenvalue weighted by molar-refractivity contribution is 0.391. The van der Waals surface area contributed by atoms with E-state index in [4.69, 9.17) is 4.52 Å². The standard InChI is InChI=1S/C21H24N6O3/c1-14-5-7-17(8-6-14)9-10-26-21(29)27(20(28)24(26)4)18-11-22-25(12-18)13-19-15(2)23-30-16(19)3/h5-8,11-12H,9-10,13H2,1-4H3. The van der Waals surface area contributed by atoms with Gasteiger partial charge in [0.2, 0.25) is 0 Å². The maximum atomic E-state index is 13.0. The molecule has 0 aliphatic carbocycles. The highest BCUT2D eigenvalue weighted by molar-refractivity contribution is 5.27. The summed E-state index contributed by atoms with van der Waals surface area (Å²) in [4.78, 5) is 25.7. The molecular weight excluding hydrogens is 384 g/mol. The molecule has 0 fully saturated rings. The molecular formula is C21H24N6O3. The molecule has 3 aromatic heterocycles. The van der Waals surface area contributed by atoms with Crippen LogP contribution in [0.4, 0.5) is 0 Å². The number of hydrogen-bond acceptors (Lipinski definition) is 5. The van der Waals surface area contributed by atoms with Crippen molar-refractivity contribution in [2.75, 3.05) is 0 Å². The average Bonchev–Trinajstić information content (AvgIpc) is 3.36. The Morgan fingerprint density at radius 3 is 2.43 bits per heavy atom. The normalized spacial score (nSPS) is 11.3. The van der Waals surface area contributed by atoms with Crippen LogP contribution in [0.2, 0.25) is 0 Å². The second-order valence-corrected chi connectivity index (χ2v) is 7.48. The van der Waals surface area contributed by atoms with Crippen LogP contribution in [0.3, 0.4) is 0 Å². The number of hydrogen-bond donors (Lipinski definition) is 0. The first kappa shape index (κ1) is 19.7. The van der Waals surface area contributed by atoms with E-state index in [2.05, 4.69) is 10.3 Å². The fraction of sp³-hybridized carbons (Fsp3) is 0.333. The zero-order valence-corrected chi connectivity index (χ0v) is 17.5. The Bertz CT molecular complexity index is 1280. The van der Waals surface area contributed by atoms with Crippen molar-refractivity contribution < 1.29 is 4.52 Å². The largest absolute Gasteiger partial charge is 0.361 e.